The van der Waals surface area contributed by atoms with Crippen LogP contribution >= 0.6 is 0 Å². The van der Waals surface area contributed by atoms with E-state index in [2.05, 4.69) is 5.32 Å². The third-order valence-electron chi connectivity index (χ3n) is 3.18. The number of rotatable bonds is 3. The SMILES string of the molecule is O=C1CC(C(O)C(F)(F)C(=O)N2CCCC2)N1. The molecular formula is C10H14F2N2O3. The standard InChI is InChI=1S/C10H14F2N2O3/c11-10(12,8(16)6-5-7(15)13-6)9(17)14-3-1-2-4-14/h6,8,16H,1-5H2,(H,13,15). The van der Waals surface area contributed by atoms with Crippen molar-refractivity contribution in [3.05, 3.63) is 0 Å². The number of nitrogens with zero attached hydrogens (tertiary/aromatic N) is 1. The molecule has 0 radical (unpaired) electrons. The lowest BCUT2D eigenvalue weighted by atomic mass is 9.94. The Hall–Kier alpha value is -1.24. The molecule has 2 N–H and O–H groups in total. The molecule has 0 bridgehead atoms. The average molecular weight is 248 g/mol. The molecule has 2 rings (SSSR count). The Kier molecular flexibility index (Phi) is 3.03. The van der Waals surface area contributed by atoms with E-state index in [0.29, 0.717) is 25.9 Å². The maximum Gasteiger partial charge on any atom is 0.351 e. The largest absolute Gasteiger partial charge is 0.384 e. The fourth-order valence-corrected chi connectivity index (χ4v) is 2.09. The number of aliphatic hydroxyl groups is 1. The lowest BCUT2D eigenvalue weighted by Crippen LogP contribution is -2.63. The second-order valence-electron chi connectivity index (χ2n) is 4.45. The number of amides is 2. The van der Waals surface area contributed by atoms with Crippen molar-refractivity contribution >= 4 is 11.8 Å². The molecule has 0 saturated carbocycles. The second-order valence-corrected chi connectivity index (χ2v) is 4.45. The van der Waals surface area contributed by atoms with E-state index in [1.54, 1.807) is 0 Å². The van der Waals surface area contributed by atoms with Gasteiger partial charge in [0.1, 0.15) is 6.10 Å². The molecule has 96 valence electrons. The molecule has 2 unspecified atom stereocenters. The van der Waals surface area contributed by atoms with Crippen molar-refractivity contribution in [3.8, 4) is 0 Å². The zero-order chi connectivity index (χ0) is 12.6. The number of halogens is 2. The molecule has 0 aromatic heterocycles. The third kappa shape index (κ3) is 2.11. The van der Waals surface area contributed by atoms with E-state index in [9.17, 15) is 23.5 Å². The van der Waals surface area contributed by atoms with Gasteiger partial charge in [-0.05, 0) is 12.8 Å². The highest BCUT2D eigenvalue weighted by Crippen LogP contribution is 2.28. The minimum absolute atomic E-state index is 0.163. The van der Waals surface area contributed by atoms with Crippen molar-refractivity contribution in [2.45, 2.75) is 37.3 Å². The summed E-state index contributed by atoms with van der Waals surface area (Å²) >= 11 is 0. The molecule has 0 aliphatic carbocycles. The number of β-lactam (4-membered cyclic amide) rings is 1. The average Bonchev–Trinajstić information content (AvgIpc) is 2.75. The number of hydrogen-bond acceptors (Lipinski definition) is 3. The van der Waals surface area contributed by atoms with E-state index in [4.69, 9.17) is 0 Å². The molecule has 0 spiro atoms. The number of carbonyl (C=O) groups is 2. The van der Waals surface area contributed by atoms with E-state index >= 15 is 0 Å². The van der Waals surface area contributed by atoms with Crippen LogP contribution in [0, 0.1) is 0 Å². The van der Waals surface area contributed by atoms with Gasteiger partial charge in [0.05, 0.1) is 6.04 Å². The van der Waals surface area contributed by atoms with Crippen molar-refractivity contribution in [1.29, 1.82) is 0 Å². The summed E-state index contributed by atoms with van der Waals surface area (Å²) in [5, 5.41) is 11.6. The number of likely N-dealkylation sites (tertiary alicyclic amines) is 1. The first kappa shape index (κ1) is 12.2. The Morgan fingerprint density at radius 2 is 2.00 bits per heavy atom. The Balaban J connectivity index is 2.00. The molecule has 2 amide bonds. The highest BCUT2D eigenvalue weighted by Gasteiger charge is 2.54. The molecule has 2 aliphatic heterocycles. The van der Waals surface area contributed by atoms with Gasteiger partial charge in [-0.2, -0.15) is 8.78 Å². The fourth-order valence-electron chi connectivity index (χ4n) is 2.09. The molecule has 0 aromatic rings. The Morgan fingerprint density at radius 3 is 2.47 bits per heavy atom. The van der Waals surface area contributed by atoms with E-state index in [1.165, 1.54) is 0 Å². The smallest absolute Gasteiger partial charge is 0.351 e. The van der Waals surface area contributed by atoms with Crippen LogP contribution in [0.3, 0.4) is 0 Å². The first-order valence-electron chi connectivity index (χ1n) is 5.57. The van der Waals surface area contributed by atoms with Gasteiger partial charge in [-0.15, -0.1) is 0 Å². The lowest BCUT2D eigenvalue weighted by Gasteiger charge is -2.35. The predicted octanol–water partition coefficient (Wildman–Crippen LogP) is -0.507. The van der Waals surface area contributed by atoms with Crippen LogP contribution in [0.15, 0.2) is 0 Å². The summed E-state index contributed by atoms with van der Waals surface area (Å²) < 4.78 is 27.3. The van der Waals surface area contributed by atoms with Gasteiger partial charge in [0.2, 0.25) is 5.91 Å². The molecule has 17 heavy (non-hydrogen) atoms. The van der Waals surface area contributed by atoms with Gasteiger partial charge in [-0.25, -0.2) is 0 Å². The number of nitrogens with one attached hydrogen (secondary N) is 1. The molecule has 2 saturated heterocycles. The first-order chi connectivity index (χ1) is 7.93. The Labute approximate surface area is 96.8 Å². The lowest BCUT2D eigenvalue weighted by molar-refractivity contribution is -0.181. The molecular weight excluding hydrogens is 234 g/mol. The number of alkyl halides is 2. The van der Waals surface area contributed by atoms with Crippen molar-refractivity contribution in [2.24, 2.45) is 0 Å². The normalized spacial score (nSPS) is 26.4. The van der Waals surface area contributed by atoms with Crippen LogP contribution in [0.5, 0.6) is 0 Å². The molecule has 2 heterocycles. The maximum atomic E-state index is 13.7. The number of hydrogen-bond donors (Lipinski definition) is 2. The van der Waals surface area contributed by atoms with Crippen LogP contribution < -0.4 is 5.32 Å². The minimum atomic E-state index is -3.83. The van der Waals surface area contributed by atoms with E-state index in [-0.39, 0.29) is 6.42 Å². The van der Waals surface area contributed by atoms with Gasteiger partial charge in [-0.3, -0.25) is 9.59 Å². The van der Waals surface area contributed by atoms with Crippen LogP contribution in [0.2, 0.25) is 0 Å². The predicted molar refractivity (Wildman–Crippen MR) is 53.3 cm³/mol. The zero-order valence-corrected chi connectivity index (χ0v) is 9.16. The molecule has 2 atom stereocenters. The molecule has 5 nitrogen and oxygen atoms in total. The van der Waals surface area contributed by atoms with E-state index in [1.807, 2.05) is 0 Å². The minimum Gasteiger partial charge on any atom is -0.384 e. The van der Waals surface area contributed by atoms with Crippen molar-refractivity contribution in [1.82, 2.24) is 10.2 Å². The van der Waals surface area contributed by atoms with Gasteiger partial charge in [0.25, 0.3) is 5.91 Å². The van der Waals surface area contributed by atoms with Gasteiger partial charge < -0.3 is 15.3 Å². The van der Waals surface area contributed by atoms with Crippen LogP contribution in [0.1, 0.15) is 19.3 Å². The summed E-state index contributed by atoms with van der Waals surface area (Å²) in [7, 11) is 0. The Morgan fingerprint density at radius 1 is 1.47 bits per heavy atom. The summed E-state index contributed by atoms with van der Waals surface area (Å²) in [6.45, 7) is 0.607. The van der Waals surface area contributed by atoms with Crippen molar-refractivity contribution in [3.63, 3.8) is 0 Å². The van der Waals surface area contributed by atoms with Crippen molar-refractivity contribution in [2.75, 3.05) is 13.1 Å². The molecule has 2 aliphatic rings. The molecule has 2 fully saturated rings. The molecule has 7 heteroatoms. The van der Waals surface area contributed by atoms with Gasteiger partial charge in [0.15, 0.2) is 0 Å². The third-order valence-corrected chi connectivity index (χ3v) is 3.18. The topological polar surface area (TPSA) is 69.6 Å². The first-order valence-corrected chi connectivity index (χ1v) is 5.57. The quantitative estimate of drug-likeness (QED) is 0.661. The number of carbonyl (C=O) groups excluding carboxylic acids is 2. The summed E-state index contributed by atoms with van der Waals surface area (Å²) in [5.41, 5.74) is 0. The Bertz CT molecular complexity index is 334. The summed E-state index contributed by atoms with van der Waals surface area (Å²) in [5.74, 6) is -5.56. The summed E-state index contributed by atoms with van der Waals surface area (Å²) in [4.78, 5) is 23.2. The van der Waals surface area contributed by atoms with Crippen LogP contribution in [0.25, 0.3) is 0 Å². The maximum absolute atomic E-state index is 13.7. The fraction of sp³-hybridized carbons (Fsp3) is 0.800. The van der Waals surface area contributed by atoms with Gasteiger partial charge in [0, 0.05) is 19.5 Å². The van der Waals surface area contributed by atoms with Crippen LogP contribution in [-0.4, -0.2) is 53.0 Å². The van der Waals surface area contributed by atoms with E-state index < -0.39 is 29.9 Å². The monoisotopic (exact) mass is 248 g/mol. The van der Waals surface area contributed by atoms with Gasteiger partial charge in [-0.1, -0.05) is 0 Å². The van der Waals surface area contributed by atoms with Crippen molar-refractivity contribution < 1.29 is 23.5 Å². The van der Waals surface area contributed by atoms with Crippen LogP contribution in [0.4, 0.5) is 8.78 Å². The highest BCUT2D eigenvalue weighted by atomic mass is 19.3. The summed E-state index contributed by atoms with van der Waals surface area (Å²) in [6, 6.07) is -1.02. The van der Waals surface area contributed by atoms with E-state index in [0.717, 1.165) is 4.90 Å². The zero-order valence-electron chi connectivity index (χ0n) is 9.16. The summed E-state index contributed by atoms with van der Waals surface area (Å²) in [6.07, 6.45) is -0.895. The second kappa shape index (κ2) is 4.21. The number of aliphatic hydroxyl groups excluding tert-OH is 1. The highest BCUT2D eigenvalue weighted by molar-refractivity contribution is 5.87. The van der Waals surface area contributed by atoms with Crippen LogP contribution in [-0.2, 0) is 9.59 Å². The molecule has 0 aromatic carbocycles. The van der Waals surface area contributed by atoms with Gasteiger partial charge >= 0.3 is 5.92 Å².